The molecule has 13 nitrogen and oxygen atoms in total. The molecule has 0 bridgehead atoms. The zero-order chi connectivity index (χ0) is 41.9. The van der Waals surface area contributed by atoms with E-state index in [2.05, 4.69) is 15.6 Å². The molecule has 2 aromatic rings. The number of carbonyl (C=O) groups is 4. The summed E-state index contributed by atoms with van der Waals surface area (Å²) in [5.41, 5.74) is -0.507. The number of nitrogens with one attached hydrogen (secondary N) is 2. The van der Waals surface area contributed by atoms with Gasteiger partial charge >= 0.3 is 0 Å². The van der Waals surface area contributed by atoms with Crippen molar-refractivity contribution in [1.82, 2.24) is 30.3 Å². The van der Waals surface area contributed by atoms with Gasteiger partial charge in [0.1, 0.15) is 11.0 Å². The standard InChI is InChI=1S/C42H68N6O7S/c1-13-27(4)35(47(10)41(52)37(42(6,7)53)45-39(51)34(26(2)3)46(8)9)32(54-11)25-33(49)48-22-17-20-31(48)36(55-12)28(5)38(50)44-30(40-43-21-23-56-40)24-29-18-15-14-16-19-29/h14-16,18-19,21,23,26-28,30-32,34-37,53H,13,17,20,22,24-25H2,1-12H3,(H,44,50)(H,45,51)/t27-,28+,30-,31-,32+,34-,35-,36+,37+/m0/s1. The number of ether oxygens (including phenoxy) is 2. The summed E-state index contributed by atoms with van der Waals surface area (Å²) in [5.74, 6) is -1.90. The molecule has 1 aliphatic rings. The van der Waals surface area contributed by atoms with Crippen molar-refractivity contribution in [3.05, 3.63) is 52.5 Å². The molecule has 9 atom stereocenters. The van der Waals surface area contributed by atoms with E-state index in [1.807, 2.05) is 70.3 Å². The van der Waals surface area contributed by atoms with Gasteiger partial charge in [0, 0.05) is 39.4 Å². The third-order valence-corrected chi connectivity index (χ3v) is 12.2. The Morgan fingerprint density at radius 2 is 1.68 bits per heavy atom. The number of nitrogens with zero attached hydrogens (tertiary/aromatic N) is 4. The van der Waals surface area contributed by atoms with Gasteiger partial charge in [-0.3, -0.25) is 24.1 Å². The van der Waals surface area contributed by atoms with Crippen molar-refractivity contribution in [3.63, 3.8) is 0 Å². The molecule has 1 aliphatic heterocycles. The molecule has 3 N–H and O–H groups in total. The number of benzene rings is 1. The molecule has 3 rings (SSSR count). The summed E-state index contributed by atoms with van der Waals surface area (Å²) in [6.07, 6.45) is 3.14. The fourth-order valence-electron chi connectivity index (χ4n) is 8.17. The van der Waals surface area contributed by atoms with Gasteiger partial charge in [0.2, 0.25) is 23.6 Å². The Labute approximate surface area is 338 Å². The number of likely N-dealkylation sites (N-methyl/N-ethyl adjacent to an activating group) is 2. The first kappa shape index (κ1) is 46.9. The first-order valence-corrected chi connectivity index (χ1v) is 20.8. The number of thiazole rings is 1. The number of hydrogen-bond donors (Lipinski definition) is 3. The van der Waals surface area contributed by atoms with E-state index < -0.39 is 47.8 Å². The van der Waals surface area contributed by atoms with Gasteiger partial charge in [-0.1, -0.05) is 71.4 Å². The van der Waals surface area contributed by atoms with Gasteiger partial charge in [-0.05, 0) is 64.6 Å². The number of carbonyl (C=O) groups excluding carboxylic acids is 4. The predicted octanol–water partition coefficient (Wildman–Crippen LogP) is 4.31. The van der Waals surface area contributed by atoms with Crippen LogP contribution in [0.25, 0.3) is 0 Å². The average Bonchev–Trinajstić information content (AvgIpc) is 3.86. The number of hydrogen-bond acceptors (Lipinski definition) is 10. The Morgan fingerprint density at radius 1 is 1.02 bits per heavy atom. The zero-order valence-electron chi connectivity index (χ0n) is 35.7. The Bertz CT molecular complexity index is 1530. The Morgan fingerprint density at radius 3 is 2.20 bits per heavy atom. The van der Waals surface area contributed by atoms with Crippen molar-refractivity contribution in [2.45, 2.75) is 129 Å². The lowest BCUT2D eigenvalue weighted by atomic mass is 9.88. The largest absolute Gasteiger partial charge is 0.388 e. The molecule has 0 unspecified atom stereocenters. The van der Waals surface area contributed by atoms with Crippen LogP contribution in [-0.4, -0.2) is 132 Å². The highest BCUT2D eigenvalue weighted by molar-refractivity contribution is 7.09. The number of amides is 4. The summed E-state index contributed by atoms with van der Waals surface area (Å²) in [7, 11) is 8.36. The van der Waals surface area contributed by atoms with Crippen LogP contribution in [0.2, 0.25) is 0 Å². The molecule has 1 saturated heterocycles. The van der Waals surface area contributed by atoms with Crippen LogP contribution in [-0.2, 0) is 35.1 Å². The fourth-order valence-corrected chi connectivity index (χ4v) is 8.86. The first-order chi connectivity index (χ1) is 26.4. The molecule has 0 aliphatic carbocycles. The van der Waals surface area contributed by atoms with Crippen LogP contribution < -0.4 is 10.6 Å². The Kier molecular flexibility index (Phi) is 17.9. The van der Waals surface area contributed by atoms with Gasteiger partial charge in [0.25, 0.3) is 0 Å². The van der Waals surface area contributed by atoms with Crippen molar-refractivity contribution >= 4 is 35.0 Å². The summed E-state index contributed by atoms with van der Waals surface area (Å²) in [6, 6.07) is 6.98. The minimum absolute atomic E-state index is 0.0184. The lowest BCUT2D eigenvalue weighted by Gasteiger charge is -2.42. The lowest BCUT2D eigenvalue weighted by molar-refractivity contribution is -0.151. The molecule has 0 spiro atoms. The monoisotopic (exact) mass is 800 g/mol. The van der Waals surface area contributed by atoms with E-state index in [0.29, 0.717) is 25.8 Å². The number of likely N-dealkylation sites (tertiary alicyclic amines) is 1. The fraction of sp³-hybridized carbons (Fsp3) is 0.690. The topological polar surface area (TPSA) is 154 Å². The zero-order valence-corrected chi connectivity index (χ0v) is 36.5. The second-order valence-corrected chi connectivity index (χ2v) is 17.4. The van der Waals surface area contributed by atoms with Crippen molar-refractivity contribution in [3.8, 4) is 0 Å². The number of aliphatic hydroxyl groups is 1. The molecule has 4 amide bonds. The molecular weight excluding hydrogens is 733 g/mol. The predicted molar refractivity (Wildman–Crippen MR) is 220 cm³/mol. The number of methoxy groups -OCH3 is 2. The van der Waals surface area contributed by atoms with Gasteiger partial charge < -0.3 is 35.0 Å². The van der Waals surface area contributed by atoms with Gasteiger partial charge in [-0.25, -0.2) is 4.98 Å². The minimum atomic E-state index is -1.59. The summed E-state index contributed by atoms with van der Waals surface area (Å²) in [4.78, 5) is 65.6. The minimum Gasteiger partial charge on any atom is -0.388 e. The van der Waals surface area contributed by atoms with Crippen LogP contribution in [0, 0.1) is 17.8 Å². The van der Waals surface area contributed by atoms with Crippen molar-refractivity contribution in [2.75, 3.05) is 41.9 Å². The van der Waals surface area contributed by atoms with Crippen LogP contribution in [0.3, 0.4) is 0 Å². The Balaban J connectivity index is 1.81. The first-order valence-electron chi connectivity index (χ1n) is 19.9. The Hall–Kier alpha value is -3.43. The van der Waals surface area contributed by atoms with E-state index in [9.17, 15) is 24.3 Å². The van der Waals surface area contributed by atoms with Gasteiger partial charge in [-0.2, -0.15) is 0 Å². The van der Waals surface area contributed by atoms with Gasteiger partial charge in [0.05, 0.1) is 54.3 Å². The number of rotatable bonds is 21. The molecule has 0 radical (unpaired) electrons. The van der Waals surface area contributed by atoms with Gasteiger partial charge in [0.15, 0.2) is 0 Å². The van der Waals surface area contributed by atoms with Crippen LogP contribution in [0.5, 0.6) is 0 Å². The molecule has 1 aromatic heterocycles. The van der Waals surface area contributed by atoms with Gasteiger partial charge in [-0.15, -0.1) is 11.3 Å². The normalized spacial score (nSPS) is 19.1. The van der Waals surface area contributed by atoms with Crippen molar-refractivity contribution in [2.24, 2.45) is 17.8 Å². The van der Waals surface area contributed by atoms with E-state index >= 15 is 0 Å². The highest BCUT2D eigenvalue weighted by atomic mass is 32.1. The van der Waals surface area contributed by atoms with Crippen LogP contribution in [0.1, 0.15) is 90.8 Å². The third kappa shape index (κ3) is 12.0. The average molecular weight is 801 g/mol. The van der Waals surface area contributed by atoms with Crippen LogP contribution in [0.15, 0.2) is 41.9 Å². The quantitative estimate of drug-likeness (QED) is 0.168. The maximum atomic E-state index is 14.3. The van der Waals surface area contributed by atoms with Crippen molar-refractivity contribution in [1.29, 1.82) is 0 Å². The lowest BCUT2D eigenvalue weighted by Crippen LogP contribution is -2.64. The summed E-state index contributed by atoms with van der Waals surface area (Å²) in [6.45, 7) is 13.2. The van der Waals surface area contributed by atoms with E-state index in [0.717, 1.165) is 17.0 Å². The maximum absolute atomic E-state index is 14.3. The highest BCUT2D eigenvalue weighted by Gasteiger charge is 2.45. The molecule has 56 heavy (non-hydrogen) atoms. The SMILES string of the molecule is CC[C@H](C)[C@@H]([C@@H](CC(=O)N1CCC[C@H]1[C@H](OC)[C@@H](C)C(=O)N[C@@H](Cc1ccccc1)c1nccs1)OC)N(C)C(=O)[C@@H](NC(=O)[C@H](C(C)C)N(C)C)C(C)(C)O. The molecule has 14 heteroatoms. The maximum Gasteiger partial charge on any atom is 0.248 e. The highest BCUT2D eigenvalue weighted by Crippen LogP contribution is 2.31. The molecule has 1 fully saturated rings. The van der Waals surface area contributed by atoms with Crippen LogP contribution in [0.4, 0.5) is 0 Å². The van der Waals surface area contributed by atoms with E-state index in [1.54, 1.807) is 44.2 Å². The number of aromatic nitrogens is 1. The molecular formula is C42H68N6O7S. The summed E-state index contributed by atoms with van der Waals surface area (Å²) in [5, 5.41) is 20.0. The van der Waals surface area contributed by atoms with Crippen LogP contribution >= 0.6 is 11.3 Å². The van der Waals surface area contributed by atoms with E-state index in [1.165, 1.54) is 37.2 Å². The molecule has 1 aromatic carbocycles. The molecule has 0 saturated carbocycles. The molecule has 2 heterocycles. The third-order valence-electron chi connectivity index (χ3n) is 11.3. The van der Waals surface area contributed by atoms with E-state index in [4.69, 9.17) is 9.47 Å². The van der Waals surface area contributed by atoms with Crippen molar-refractivity contribution < 1.29 is 33.8 Å². The second kappa shape index (κ2) is 21.4. The smallest absolute Gasteiger partial charge is 0.248 e. The summed E-state index contributed by atoms with van der Waals surface area (Å²) >= 11 is 1.49. The molecule has 314 valence electrons. The van der Waals surface area contributed by atoms with E-state index in [-0.39, 0.29) is 48.1 Å². The summed E-state index contributed by atoms with van der Waals surface area (Å²) < 4.78 is 12.0. The second-order valence-electron chi connectivity index (χ2n) is 16.5.